The molecule has 19 heavy (non-hydrogen) atoms. The first-order chi connectivity index (χ1) is 9.11. The molecule has 1 fully saturated rings. The molecule has 0 radical (unpaired) electrons. The van der Waals surface area contributed by atoms with Crippen molar-refractivity contribution in [1.82, 2.24) is 9.55 Å². The summed E-state index contributed by atoms with van der Waals surface area (Å²) in [6.45, 7) is 4.03. The molecule has 0 aliphatic heterocycles. The number of benzene rings is 1. The quantitative estimate of drug-likeness (QED) is 0.917. The normalized spacial score (nSPS) is 14.9. The molecule has 3 rings (SSSR count). The lowest BCUT2D eigenvalue weighted by molar-refractivity contribution is 0.628. The van der Waals surface area contributed by atoms with Crippen molar-refractivity contribution in [3.63, 3.8) is 0 Å². The van der Waals surface area contributed by atoms with Crippen molar-refractivity contribution in [2.75, 3.05) is 5.73 Å². The van der Waals surface area contributed by atoms with Crippen molar-refractivity contribution >= 4 is 5.82 Å². The van der Waals surface area contributed by atoms with Gasteiger partial charge in [-0.05, 0) is 37.5 Å². The van der Waals surface area contributed by atoms with Crippen molar-refractivity contribution in [2.45, 2.75) is 39.2 Å². The lowest BCUT2D eigenvalue weighted by atomic mass is 10.1. The predicted molar refractivity (Wildman–Crippen MR) is 74.4 cm³/mol. The van der Waals surface area contributed by atoms with Gasteiger partial charge in [-0.2, -0.15) is 0 Å². The molecule has 0 saturated heterocycles. The van der Waals surface area contributed by atoms with Gasteiger partial charge in [0.15, 0.2) is 0 Å². The standard InChI is InChI=1S/C15H18FN3/c1-3-13-18-14(15(17)19(13)11-6-7-11)12-8-10(16)5-4-9(12)2/h4-5,8,11H,3,6-7,17H2,1-2H3. The molecule has 4 heteroatoms. The van der Waals surface area contributed by atoms with Gasteiger partial charge in [0.05, 0.1) is 0 Å². The van der Waals surface area contributed by atoms with Gasteiger partial charge in [0.1, 0.15) is 23.2 Å². The second-order valence-electron chi connectivity index (χ2n) is 5.18. The maximum Gasteiger partial charge on any atom is 0.132 e. The molecular formula is C15H18FN3. The van der Waals surface area contributed by atoms with Crippen LogP contribution in [0.15, 0.2) is 18.2 Å². The van der Waals surface area contributed by atoms with Crippen molar-refractivity contribution in [2.24, 2.45) is 0 Å². The number of nitrogens with zero attached hydrogens (tertiary/aromatic N) is 2. The Kier molecular flexibility index (Phi) is 2.81. The third-order valence-corrected chi connectivity index (χ3v) is 3.70. The smallest absolute Gasteiger partial charge is 0.132 e. The van der Waals surface area contributed by atoms with Crippen LogP contribution in [0.1, 0.15) is 37.2 Å². The van der Waals surface area contributed by atoms with Crippen LogP contribution in [-0.2, 0) is 6.42 Å². The van der Waals surface area contributed by atoms with Crippen molar-refractivity contribution in [3.05, 3.63) is 35.4 Å². The van der Waals surface area contributed by atoms with Gasteiger partial charge in [0, 0.05) is 18.0 Å². The van der Waals surface area contributed by atoms with E-state index in [2.05, 4.69) is 16.5 Å². The summed E-state index contributed by atoms with van der Waals surface area (Å²) in [6.07, 6.45) is 3.17. The van der Waals surface area contributed by atoms with Crippen LogP contribution in [0.3, 0.4) is 0 Å². The molecule has 0 unspecified atom stereocenters. The largest absolute Gasteiger partial charge is 0.383 e. The van der Waals surface area contributed by atoms with E-state index in [-0.39, 0.29) is 5.82 Å². The number of aryl methyl sites for hydroxylation is 2. The minimum Gasteiger partial charge on any atom is -0.383 e. The predicted octanol–water partition coefficient (Wildman–Crippen LogP) is 3.48. The molecule has 100 valence electrons. The minimum atomic E-state index is -0.251. The molecular weight excluding hydrogens is 241 g/mol. The summed E-state index contributed by atoms with van der Waals surface area (Å²) in [6, 6.07) is 5.24. The fourth-order valence-electron chi connectivity index (χ4n) is 2.53. The first-order valence-corrected chi connectivity index (χ1v) is 6.75. The summed E-state index contributed by atoms with van der Waals surface area (Å²) < 4.78 is 15.6. The van der Waals surface area contributed by atoms with Gasteiger partial charge in [-0.25, -0.2) is 9.37 Å². The zero-order valence-corrected chi connectivity index (χ0v) is 11.3. The molecule has 0 spiro atoms. The van der Waals surface area contributed by atoms with Crippen LogP contribution >= 0.6 is 0 Å². The van der Waals surface area contributed by atoms with Gasteiger partial charge in [0.25, 0.3) is 0 Å². The second-order valence-corrected chi connectivity index (χ2v) is 5.18. The number of imidazole rings is 1. The molecule has 1 saturated carbocycles. The zero-order valence-electron chi connectivity index (χ0n) is 11.3. The third-order valence-electron chi connectivity index (χ3n) is 3.70. The Bertz CT molecular complexity index is 627. The van der Waals surface area contributed by atoms with Crippen LogP contribution in [0.5, 0.6) is 0 Å². The Morgan fingerprint density at radius 1 is 1.42 bits per heavy atom. The number of hydrogen-bond acceptors (Lipinski definition) is 2. The molecule has 2 N–H and O–H groups in total. The number of hydrogen-bond donors (Lipinski definition) is 1. The van der Waals surface area contributed by atoms with E-state index < -0.39 is 0 Å². The molecule has 0 atom stereocenters. The van der Waals surface area contributed by atoms with Crippen LogP contribution in [0.4, 0.5) is 10.2 Å². The average Bonchev–Trinajstić information content (AvgIpc) is 3.17. The van der Waals surface area contributed by atoms with Crippen molar-refractivity contribution in [1.29, 1.82) is 0 Å². The van der Waals surface area contributed by atoms with Gasteiger partial charge in [-0.15, -0.1) is 0 Å². The van der Waals surface area contributed by atoms with Gasteiger partial charge < -0.3 is 10.3 Å². The molecule has 0 bridgehead atoms. The Hall–Kier alpha value is -1.84. The van der Waals surface area contributed by atoms with E-state index in [1.165, 1.54) is 12.1 Å². The number of rotatable bonds is 3. The number of aromatic nitrogens is 2. The summed E-state index contributed by atoms with van der Waals surface area (Å²) in [5.74, 6) is 1.42. The van der Waals surface area contributed by atoms with Crippen molar-refractivity contribution < 1.29 is 4.39 Å². The average molecular weight is 259 g/mol. The third kappa shape index (κ3) is 2.01. The van der Waals surface area contributed by atoms with E-state index in [0.29, 0.717) is 11.9 Å². The highest BCUT2D eigenvalue weighted by Gasteiger charge is 2.29. The second kappa shape index (κ2) is 4.37. The Morgan fingerprint density at radius 3 is 2.79 bits per heavy atom. The SMILES string of the molecule is CCc1nc(-c2cc(F)ccc2C)c(N)n1C1CC1. The van der Waals surface area contributed by atoms with Crippen LogP contribution in [0.25, 0.3) is 11.3 Å². The molecule has 1 aliphatic carbocycles. The molecule has 0 amide bonds. The van der Waals surface area contributed by atoms with Crippen LogP contribution in [0, 0.1) is 12.7 Å². The van der Waals surface area contributed by atoms with Gasteiger partial charge in [-0.1, -0.05) is 13.0 Å². The van der Waals surface area contributed by atoms with E-state index in [1.54, 1.807) is 6.07 Å². The topological polar surface area (TPSA) is 43.8 Å². The number of nitrogen functional groups attached to an aromatic ring is 1. The fourth-order valence-corrected chi connectivity index (χ4v) is 2.53. The van der Waals surface area contributed by atoms with Gasteiger partial charge in [-0.3, -0.25) is 0 Å². The Balaban J connectivity index is 2.17. The first kappa shape index (κ1) is 12.2. The molecule has 1 aliphatic rings. The summed E-state index contributed by atoms with van der Waals surface area (Å²) in [4.78, 5) is 4.63. The summed E-state index contributed by atoms with van der Waals surface area (Å²) in [5.41, 5.74) is 8.77. The number of nitrogens with two attached hydrogens (primary N) is 1. The van der Waals surface area contributed by atoms with Gasteiger partial charge >= 0.3 is 0 Å². The number of anilines is 1. The zero-order chi connectivity index (χ0) is 13.6. The minimum absolute atomic E-state index is 0.251. The van der Waals surface area contributed by atoms with Crippen LogP contribution < -0.4 is 5.73 Å². The lowest BCUT2D eigenvalue weighted by Crippen LogP contribution is -2.04. The van der Waals surface area contributed by atoms with Crippen molar-refractivity contribution in [3.8, 4) is 11.3 Å². The molecule has 1 aromatic carbocycles. The molecule has 2 aromatic rings. The Labute approximate surface area is 112 Å². The van der Waals surface area contributed by atoms with Crippen LogP contribution in [-0.4, -0.2) is 9.55 Å². The van der Waals surface area contributed by atoms with E-state index in [9.17, 15) is 4.39 Å². The first-order valence-electron chi connectivity index (χ1n) is 6.75. The maximum absolute atomic E-state index is 13.4. The summed E-state index contributed by atoms with van der Waals surface area (Å²) in [7, 11) is 0. The molecule has 1 aromatic heterocycles. The molecule has 1 heterocycles. The number of halogens is 1. The highest BCUT2D eigenvalue weighted by molar-refractivity contribution is 5.74. The van der Waals surface area contributed by atoms with E-state index >= 15 is 0 Å². The van der Waals surface area contributed by atoms with Gasteiger partial charge in [0.2, 0.25) is 0 Å². The lowest BCUT2D eigenvalue weighted by Gasteiger charge is -2.07. The molecule has 3 nitrogen and oxygen atoms in total. The highest BCUT2D eigenvalue weighted by atomic mass is 19.1. The monoisotopic (exact) mass is 259 g/mol. The Morgan fingerprint density at radius 2 is 2.16 bits per heavy atom. The highest BCUT2D eigenvalue weighted by Crippen LogP contribution is 2.41. The summed E-state index contributed by atoms with van der Waals surface area (Å²) >= 11 is 0. The van der Waals surface area contributed by atoms with E-state index in [1.807, 2.05) is 6.92 Å². The van der Waals surface area contributed by atoms with Crippen LogP contribution in [0.2, 0.25) is 0 Å². The maximum atomic E-state index is 13.4. The van der Waals surface area contributed by atoms with E-state index in [0.717, 1.165) is 41.9 Å². The summed E-state index contributed by atoms with van der Waals surface area (Å²) in [5, 5.41) is 0. The van der Waals surface area contributed by atoms with E-state index in [4.69, 9.17) is 5.73 Å². The fraction of sp³-hybridized carbons (Fsp3) is 0.400.